The molecule has 1 aliphatic rings. The van der Waals surface area contributed by atoms with E-state index in [1.54, 1.807) is 0 Å². The third-order valence-electron chi connectivity index (χ3n) is 4.38. The van der Waals surface area contributed by atoms with Gasteiger partial charge in [0.05, 0.1) is 0 Å². The first-order valence-corrected chi connectivity index (χ1v) is 7.39. The van der Waals surface area contributed by atoms with E-state index in [9.17, 15) is 0 Å². The third kappa shape index (κ3) is 2.30. The molecule has 0 unspecified atom stereocenters. The molecular formula is C18H19Cl. The molecule has 0 N–H and O–H groups in total. The van der Waals surface area contributed by atoms with E-state index >= 15 is 0 Å². The molecule has 0 fully saturated rings. The molecule has 0 heterocycles. The van der Waals surface area contributed by atoms with Gasteiger partial charge in [-0.2, -0.15) is 0 Å². The summed E-state index contributed by atoms with van der Waals surface area (Å²) in [6.07, 6.45) is 2.50. The molecule has 2 atom stereocenters. The molecule has 0 amide bonds. The average Bonchev–Trinajstić information content (AvgIpc) is 2.43. The predicted molar refractivity (Wildman–Crippen MR) is 82.1 cm³/mol. The monoisotopic (exact) mass is 270 g/mol. The Kier molecular flexibility index (Phi) is 3.36. The van der Waals surface area contributed by atoms with Crippen molar-refractivity contribution in [2.75, 3.05) is 0 Å². The summed E-state index contributed by atoms with van der Waals surface area (Å²) in [5.74, 6) is 1.21. The van der Waals surface area contributed by atoms with Crippen molar-refractivity contribution in [3.05, 3.63) is 69.7 Å². The SMILES string of the molecule is Cc1cc([C@H]2CC[C@H](C)c3ccccc32)ccc1Cl. The zero-order valence-corrected chi connectivity index (χ0v) is 12.2. The molecule has 0 aromatic heterocycles. The van der Waals surface area contributed by atoms with Gasteiger partial charge < -0.3 is 0 Å². The summed E-state index contributed by atoms with van der Waals surface area (Å²) in [5, 5.41) is 0.862. The van der Waals surface area contributed by atoms with Crippen molar-refractivity contribution in [2.45, 2.75) is 38.5 Å². The second-order valence-corrected chi connectivity index (χ2v) is 6.08. The largest absolute Gasteiger partial charge is 0.0841 e. The summed E-state index contributed by atoms with van der Waals surface area (Å²) in [7, 11) is 0. The zero-order valence-electron chi connectivity index (χ0n) is 11.5. The minimum atomic E-state index is 0.531. The van der Waals surface area contributed by atoms with Crippen LogP contribution in [0.15, 0.2) is 42.5 Å². The molecule has 3 rings (SSSR count). The van der Waals surface area contributed by atoms with Gasteiger partial charge in [-0.25, -0.2) is 0 Å². The Bertz CT molecular complexity index is 600. The number of rotatable bonds is 1. The van der Waals surface area contributed by atoms with E-state index in [1.165, 1.54) is 35.1 Å². The van der Waals surface area contributed by atoms with Crippen LogP contribution in [0, 0.1) is 6.92 Å². The highest BCUT2D eigenvalue weighted by atomic mass is 35.5. The van der Waals surface area contributed by atoms with E-state index < -0.39 is 0 Å². The Morgan fingerprint density at radius 3 is 2.47 bits per heavy atom. The first-order chi connectivity index (χ1) is 9.16. The van der Waals surface area contributed by atoms with Crippen LogP contribution in [0.5, 0.6) is 0 Å². The predicted octanol–water partition coefficient (Wildman–Crippen LogP) is 5.68. The van der Waals surface area contributed by atoms with Crippen molar-refractivity contribution in [3.8, 4) is 0 Å². The summed E-state index contributed by atoms with van der Waals surface area (Å²) >= 11 is 6.14. The van der Waals surface area contributed by atoms with Crippen molar-refractivity contribution >= 4 is 11.6 Å². The number of fused-ring (bicyclic) bond motifs is 1. The molecule has 0 saturated carbocycles. The van der Waals surface area contributed by atoms with Gasteiger partial charge in [0.25, 0.3) is 0 Å². The number of aryl methyl sites for hydroxylation is 1. The van der Waals surface area contributed by atoms with Gasteiger partial charge in [-0.3, -0.25) is 0 Å². The number of benzene rings is 2. The van der Waals surface area contributed by atoms with Crippen LogP contribution in [0.25, 0.3) is 0 Å². The van der Waals surface area contributed by atoms with Gasteiger partial charge in [0, 0.05) is 10.9 Å². The molecule has 0 bridgehead atoms. The van der Waals surface area contributed by atoms with Crippen LogP contribution in [0.3, 0.4) is 0 Å². The van der Waals surface area contributed by atoms with Gasteiger partial charge >= 0.3 is 0 Å². The highest BCUT2D eigenvalue weighted by Crippen LogP contribution is 2.42. The zero-order chi connectivity index (χ0) is 13.4. The molecule has 98 valence electrons. The fourth-order valence-corrected chi connectivity index (χ4v) is 3.35. The van der Waals surface area contributed by atoms with E-state index in [1.807, 2.05) is 6.07 Å². The Morgan fingerprint density at radius 1 is 1.00 bits per heavy atom. The summed E-state index contributed by atoms with van der Waals surface area (Å²) < 4.78 is 0. The Morgan fingerprint density at radius 2 is 1.74 bits per heavy atom. The maximum Gasteiger partial charge on any atom is 0.0435 e. The van der Waals surface area contributed by atoms with Crippen LogP contribution in [0.4, 0.5) is 0 Å². The summed E-state index contributed by atoms with van der Waals surface area (Å²) in [6, 6.07) is 15.4. The Hall–Kier alpha value is -1.27. The molecule has 0 nitrogen and oxygen atoms in total. The minimum Gasteiger partial charge on any atom is -0.0841 e. The van der Waals surface area contributed by atoms with E-state index in [-0.39, 0.29) is 0 Å². The average molecular weight is 271 g/mol. The molecule has 0 aliphatic heterocycles. The van der Waals surface area contributed by atoms with E-state index in [0.717, 1.165) is 5.02 Å². The molecule has 0 saturated heterocycles. The maximum absolute atomic E-state index is 6.14. The molecule has 0 spiro atoms. The molecule has 1 aliphatic carbocycles. The number of hydrogen-bond donors (Lipinski definition) is 0. The van der Waals surface area contributed by atoms with Crippen LogP contribution in [0.2, 0.25) is 5.02 Å². The van der Waals surface area contributed by atoms with Crippen molar-refractivity contribution in [1.82, 2.24) is 0 Å². The van der Waals surface area contributed by atoms with Crippen molar-refractivity contribution in [2.24, 2.45) is 0 Å². The summed E-state index contributed by atoms with van der Waals surface area (Å²) in [6.45, 7) is 4.42. The van der Waals surface area contributed by atoms with Gasteiger partial charge in [-0.15, -0.1) is 0 Å². The summed E-state index contributed by atoms with van der Waals surface area (Å²) in [4.78, 5) is 0. The highest BCUT2D eigenvalue weighted by molar-refractivity contribution is 6.31. The second kappa shape index (κ2) is 5.02. The lowest BCUT2D eigenvalue weighted by atomic mass is 9.74. The Labute approximate surface area is 120 Å². The molecular weight excluding hydrogens is 252 g/mol. The van der Waals surface area contributed by atoms with Crippen LogP contribution in [-0.2, 0) is 0 Å². The van der Waals surface area contributed by atoms with Gasteiger partial charge in [-0.05, 0) is 54.0 Å². The molecule has 2 aromatic rings. The van der Waals surface area contributed by atoms with Gasteiger partial charge in [0.1, 0.15) is 0 Å². The highest BCUT2D eigenvalue weighted by Gasteiger charge is 2.25. The lowest BCUT2D eigenvalue weighted by Crippen LogP contribution is -2.13. The lowest BCUT2D eigenvalue weighted by molar-refractivity contribution is 0.545. The molecule has 19 heavy (non-hydrogen) atoms. The van der Waals surface area contributed by atoms with E-state index in [0.29, 0.717) is 11.8 Å². The quantitative estimate of drug-likeness (QED) is 0.626. The van der Waals surface area contributed by atoms with Crippen LogP contribution in [-0.4, -0.2) is 0 Å². The molecule has 2 aromatic carbocycles. The van der Waals surface area contributed by atoms with Crippen molar-refractivity contribution in [1.29, 1.82) is 0 Å². The second-order valence-electron chi connectivity index (χ2n) is 5.67. The van der Waals surface area contributed by atoms with Crippen LogP contribution < -0.4 is 0 Å². The van der Waals surface area contributed by atoms with E-state index in [4.69, 9.17) is 11.6 Å². The van der Waals surface area contributed by atoms with Gasteiger partial charge in [0.15, 0.2) is 0 Å². The third-order valence-corrected chi connectivity index (χ3v) is 4.80. The topological polar surface area (TPSA) is 0 Å². The first-order valence-electron chi connectivity index (χ1n) is 7.01. The standard InChI is InChI=1S/C18H19Cl/c1-12-7-9-16(17-6-4-3-5-15(12)17)14-8-10-18(19)13(2)11-14/h3-6,8,10-12,16H,7,9H2,1-2H3/t12-,16+/m0/s1. The fourth-order valence-electron chi connectivity index (χ4n) is 3.24. The van der Waals surface area contributed by atoms with Crippen LogP contribution in [0.1, 0.15) is 53.9 Å². The molecule has 0 radical (unpaired) electrons. The number of hydrogen-bond acceptors (Lipinski definition) is 0. The lowest BCUT2D eigenvalue weighted by Gasteiger charge is -2.30. The summed E-state index contributed by atoms with van der Waals surface area (Å²) in [5.41, 5.74) is 5.60. The fraction of sp³-hybridized carbons (Fsp3) is 0.333. The number of halogens is 1. The van der Waals surface area contributed by atoms with Crippen molar-refractivity contribution < 1.29 is 0 Å². The smallest absolute Gasteiger partial charge is 0.0435 e. The molecule has 1 heteroatoms. The first kappa shape index (κ1) is 12.7. The van der Waals surface area contributed by atoms with Gasteiger partial charge in [0.2, 0.25) is 0 Å². The normalized spacial score (nSPS) is 22.1. The van der Waals surface area contributed by atoms with Crippen LogP contribution >= 0.6 is 11.6 Å². The van der Waals surface area contributed by atoms with Gasteiger partial charge in [-0.1, -0.05) is 54.9 Å². The Balaban J connectivity index is 2.07. The van der Waals surface area contributed by atoms with E-state index in [2.05, 4.69) is 50.2 Å². The minimum absolute atomic E-state index is 0.531. The maximum atomic E-state index is 6.14. The van der Waals surface area contributed by atoms with Crippen molar-refractivity contribution in [3.63, 3.8) is 0 Å².